The van der Waals surface area contributed by atoms with Crippen LogP contribution in [0.25, 0.3) is 0 Å². The highest BCUT2D eigenvalue weighted by atomic mass is 35.5. The number of nitriles is 1. The molecule has 7 nitrogen and oxygen atoms in total. The molecule has 1 atom stereocenters. The van der Waals surface area contributed by atoms with Crippen LogP contribution < -0.4 is 10.6 Å². The lowest BCUT2D eigenvalue weighted by atomic mass is 10.0. The molecular weight excluding hydrogens is 438 g/mol. The van der Waals surface area contributed by atoms with Gasteiger partial charge < -0.3 is 15.4 Å². The molecule has 2 N–H and O–H groups in total. The van der Waals surface area contributed by atoms with Crippen molar-refractivity contribution < 1.29 is 19.1 Å². The highest BCUT2D eigenvalue weighted by Gasteiger charge is 2.28. The summed E-state index contributed by atoms with van der Waals surface area (Å²) in [5.74, 6) is -2.03. The summed E-state index contributed by atoms with van der Waals surface area (Å²) in [6, 6.07) is 7.71. The number of carbonyl (C=O) groups is 3. The number of hydrogen-bond donors (Lipinski definition) is 2. The minimum atomic E-state index is -0.947. The predicted molar refractivity (Wildman–Crippen MR) is 118 cm³/mol. The first kappa shape index (κ1) is 22.8. The minimum Gasteiger partial charge on any atom is -0.454 e. The molecule has 1 aliphatic rings. The van der Waals surface area contributed by atoms with Crippen molar-refractivity contribution in [3.8, 4) is 6.07 Å². The van der Waals surface area contributed by atoms with Crippen molar-refractivity contribution in [1.82, 2.24) is 5.32 Å². The van der Waals surface area contributed by atoms with Gasteiger partial charge in [0.25, 0.3) is 11.8 Å². The van der Waals surface area contributed by atoms with E-state index in [0.717, 1.165) is 29.7 Å². The van der Waals surface area contributed by atoms with Gasteiger partial charge >= 0.3 is 5.97 Å². The maximum absolute atomic E-state index is 12.5. The van der Waals surface area contributed by atoms with Crippen LogP contribution in [0.3, 0.4) is 0 Å². The summed E-state index contributed by atoms with van der Waals surface area (Å²) < 4.78 is 5.14. The fourth-order valence-electron chi connectivity index (χ4n) is 3.36. The smallest absolute Gasteiger partial charge is 0.329 e. The summed E-state index contributed by atoms with van der Waals surface area (Å²) in [6.45, 7) is 2.99. The Morgan fingerprint density at radius 3 is 2.68 bits per heavy atom. The first-order valence-electron chi connectivity index (χ1n) is 9.88. The summed E-state index contributed by atoms with van der Waals surface area (Å²) in [6.07, 6.45) is 2.75. The molecule has 1 aromatic carbocycles. The molecule has 0 radical (unpaired) electrons. The largest absolute Gasteiger partial charge is 0.454 e. The number of amides is 2. The van der Waals surface area contributed by atoms with Gasteiger partial charge in [-0.1, -0.05) is 37.6 Å². The second kappa shape index (κ2) is 9.94. The van der Waals surface area contributed by atoms with Crippen molar-refractivity contribution in [1.29, 1.82) is 5.26 Å². The van der Waals surface area contributed by atoms with Crippen LogP contribution in [0.2, 0.25) is 5.02 Å². The standard InChI is InChI=1S/C22H22ClN3O4S/c1-12(2)19(26-20(28)14-6-3-4-8-16(14)23)22(29)30-11-18(27)25-21-15(10-24)13-7-5-9-17(13)31-21/h3-4,6,8,12,19H,5,7,9,11H2,1-2H3,(H,25,27)(H,26,28). The van der Waals surface area contributed by atoms with Crippen LogP contribution in [0.4, 0.5) is 5.00 Å². The number of anilines is 1. The molecule has 1 heterocycles. The van der Waals surface area contributed by atoms with Crippen molar-refractivity contribution in [2.45, 2.75) is 39.2 Å². The van der Waals surface area contributed by atoms with Crippen LogP contribution in [-0.2, 0) is 27.2 Å². The highest BCUT2D eigenvalue weighted by Crippen LogP contribution is 2.38. The monoisotopic (exact) mass is 459 g/mol. The quantitative estimate of drug-likeness (QED) is 0.614. The van der Waals surface area contributed by atoms with Crippen LogP contribution >= 0.6 is 22.9 Å². The Bertz CT molecular complexity index is 1060. The van der Waals surface area contributed by atoms with E-state index in [4.69, 9.17) is 16.3 Å². The van der Waals surface area contributed by atoms with Gasteiger partial charge in [0.2, 0.25) is 0 Å². The average molecular weight is 460 g/mol. The van der Waals surface area contributed by atoms with Gasteiger partial charge in [-0.3, -0.25) is 9.59 Å². The van der Waals surface area contributed by atoms with Gasteiger partial charge in [-0.25, -0.2) is 4.79 Å². The summed E-state index contributed by atoms with van der Waals surface area (Å²) in [7, 11) is 0. The number of carbonyl (C=O) groups excluding carboxylic acids is 3. The van der Waals surface area contributed by atoms with E-state index < -0.39 is 30.4 Å². The van der Waals surface area contributed by atoms with E-state index in [1.54, 1.807) is 38.1 Å². The molecule has 2 amide bonds. The molecule has 9 heteroatoms. The number of benzene rings is 1. The summed E-state index contributed by atoms with van der Waals surface area (Å²) in [5.41, 5.74) is 1.74. The molecule has 1 unspecified atom stereocenters. The van der Waals surface area contributed by atoms with E-state index >= 15 is 0 Å². The Morgan fingerprint density at radius 2 is 2.00 bits per heavy atom. The summed E-state index contributed by atoms with van der Waals surface area (Å²) in [4.78, 5) is 38.4. The van der Waals surface area contributed by atoms with Gasteiger partial charge in [-0.15, -0.1) is 11.3 Å². The van der Waals surface area contributed by atoms with Crippen molar-refractivity contribution in [2.24, 2.45) is 5.92 Å². The second-order valence-corrected chi connectivity index (χ2v) is 9.02. The Kier molecular flexibility index (Phi) is 7.31. The number of aryl methyl sites for hydroxylation is 1. The Balaban J connectivity index is 1.59. The fourth-order valence-corrected chi connectivity index (χ4v) is 4.84. The Hall–Kier alpha value is -2.89. The zero-order chi connectivity index (χ0) is 22.5. The lowest BCUT2D eigenvalue weighted by molar-refractivity contribution is -0.150. The lowest BCUT2D eigenvalue weighted by Gasteiger charge is -2.21. The third-order valence-corrected chi connectivity index (χ3v) is 6.49. The van der Waals surface area contributed by atoms with Crippen molar-refractivity contribution >= 4 is 45.7 Å². The molecule has 0 saturated heterocycles. The zero-order valence-corrected chi connectivity index (χ0v) is 18.7. The normalized spacial score (nSPS) is 13.3. The minimum absolute atomic E-state index is 0.245. The fraction of sp³-hybridized carbons (Fsp3) is 0.364. The van der Waals surface area contributed by atoms with E-state index in [1.807, 2.05) is 0 Å². The van der Waals surface area contributed by atoms with E-state index in [9.17, 15) is 19.6 Å². The number of nitrogens with one attached hydrogen (secondary N) is 2. The van der Waals surface area contributed by atoms with E-state index in [1.165, 1.54) is 11.3 Å². The molecule has 0 bridgehead atoms. The van der Waals surface area contributed by atoms with Gasteiger partial charge in [0.15, 0.2) is 6.61 Å². The molecule has 1 aromatic heterocycles. The third kappa shape index (κ3) is 5.24. The van der Waals surface area contributed by atoms with Gasteiger partial charge in [0.1, 0.15) is 17.1 Å². The van der Waals surface area contributed by atoms with E-state index in [0.29, 0.717) is 10.6 Å². The summed E-state index contributed by atoms with van der Waals surface area (Å²) in [5, 5.41) is 15.4. The number of nitrogens with zero attached hydrogens (tertiary/aromatic N) is 1. The molecule has 31 heavy (non-hydrogen) atoms. The highest BCUT2D eigenvalue weighted by molar-refractivity contribution is 7.16. The summed E-state index contributed by atoms with van der Waals surface area (Å²) >= 11 is 7.43. The Morgan fingerprint density at radius 1 is 1.26 bits per heavy atom. The molecule has 3 rings (SSSR count). The molecule has 0 fully saturated rings. The SMILES string of the molecule is CC(C)C(NC(=O)c1ccccc1Cl)C(=O)OCC(=O)Nc1sc2c(c1C#N)CCC2. The number of hydrogen-bond acceptors (Lipinski definition) is 6. The number of ether oxygens (including phenoxy) is 1. The maximum atomic E-state index is 12.5. The van der Waals surface area contributed by atoms with Crippen LogP contribution in [0.15, 0.2) is 24.3 Å². The van der Waals surface area contributed by atoms with Crippen molar-refractivity contribution in [3.05, 3.63) is 50.9 Å². The molecule has 1 aliphatic carbocycles. The van der Waals surface area contributed by atoms with Crippen LogP contribution in [0, 0.1) is 17.2 Å². The van der Waals surface area contributed by atoms with Crippen LogP contribution in [-0.4, -0.2) is 30.4 Å². The molecule has 0 saturated carbocycles. The van der Waals surface area contributed by atoms with Crippen molar-refractivity contribution in [3.63, 3.8) is 0 Å². The second-order valence-electron chi connectivity index (χ2n) is 7.50. The number of halogens is 1. The maximum Gasteiger partial charge on any atom is 0.329 e. The number of fused-ring (bicyclic) bond motifs is 1. The third-order valence-electron chi connectivity index (χ3n) is 4.96. The molecule has 0 spiro atoms. The average Bonchev–Trinajstić information content (AvgIpc) is 3.30. The lowest BCUT2D eigenvalue weighted by Crippen LogP contribution is -2.46. The van der Waals surface area contributed by atoms with Crippen LogP contribution in [0.5, 0.6) is 0 Å². The van der Waals surface area contributed by atoms with E-state index in [2.05, 4.69) is 16.7 Å². The molecular formula is C22H22ClN3O4S. The number of rotatable bonds is 7. The number of esters is 1. The van der Waals surface area contributed by atoms with Gasteiger partial charge in [-0.05, 0) is 42.9 Å². The Labute approximate surface area is 189 Å². The first-order chi connectivity index (χ1) is 14.8. The van der Waals surface area contributed by atoms with Crippen LogP contribution in [0.1, 0.15) is 46.6 Å². The topological polar surface area (TPSA) is 108 Å². The first-order valence-corrected chi connectivity index (χ1v) is 11.1. The molecule has 0 aliphatic heterocycles. The van der Waals surface area contributed by atoms with E-state index in [-0.39, 0.29) is 16.5 Å². The van der Waals surface area contributed by atoms with Gasteiger partial charge in [0, 0.05) is 4.88 Å². The molecule has 2 aromatic rings. The predicted octanol–water partition coefficient (Wildman–Crippen LogP) is 3.70. The van der Waals surface area contributed by atoms with Crippen molar-refractivity contribution in [2.75, 3.05) is 11.9 Å². The number of thiophene rings is 1. The van der Waals surface area contributed by atoms with Gasteiger partial charge in [0.05, 0.1) is 16.1 Å². The molecule has 162 valence electrons. The van der Waals surface area contributed by atoms with Gasteiger partial charge in [-0.2, -0.15) is 5.26 Å². The zero-order valence-electron chi connectivity index (χ0n) is 17.2.